The molecule has 2 atom stereocenters. The molecule has 60 valence electrons. The standard InChI is InChI=1S/C10H20/c1-8-5-6-10(3,4)7-9(8)2/h8-9H,5-7H2,1-4H3/t8-,9+/m0/s1. The van der Waals surface area contributed by atoms with E-state index in [1.807, 2.05) is 0 Å². The third kappa shape index (κ3) is 1.74. The van der Waals surface area contributed by atoms with Crippen LogP contribution in [0.5, 0.6) is 0 Å². The summed E-state index contributed by atoms with van der Waals surface area (Å²) >= 11 is 0. The van der Waals surface area contributed by atoms with Crippen LogP contribution in [-0.4, -0.2) is 0 Å². The molecule has 1 saturated carbocycles. The van der Waals surface area contributed by atoms with E-state index in [1.54, 1.807) is 0 Å². The minimum atomic E-state index is 0.631. The monoisotopic (exact) mass is 140 g/mol. The summed E-state index contributed by atoms with van der Waals surface area (Å²) in [5.74, 6) is 1.91. The van der Waals surface area contributed by atoms with Crippen LogP contribution in [0.3, 0.4) is 0 Å². The molecule has 0 aliphatic heterocycles. The van der Waals surface area contributed by atoms with Crippen molar-refractivity contribution in [1.82, 2.24) is 0 Å². The highest BCUT2D eigenvalue weighted by Gasteiger charge is 2.29. The van der Waals surface area contributed by atoms with Gasteiger partial charge in [-0.25, -0.2) is 0 Å². The maximum absolute atomic E-state index is 2.40. The van der Waals surface area contributed by atoms with E-state index in [1.165, 1.54) is 19.3 Å². The second kappa shape index (κ2) is 2.56. The van der Waals surface area contributed by atoms with Gasteiger partial charge in [0.05, 0.1) is 0 Å². The molecule has 10 heavy (non-hydrogen) atoms. The van der Waals surface area contributed by atoms with Gasteiger partial charge in [0.15, 0.2) is 0 Å². The van der Waals surface area contributed by atoms with Gasteiger partial charge in [0.1, 0.15) is 0 Å². The first kappa shape index (κ1) is 8.10. The van der Waals surface area contributed by atoms with E-state index in [4.69, 9.17) is 0 Å². The van der Waals surface area contributed by atoms with Gasteiger partial charge in [0.2, 0.25) is 0 Å². The molecule has 0 radical (unpaired) electrons. The SMILES string of the molecule is C[C@@H]1CC(C)(C)CC[C@@H]1C. The molecule has 1 aliphatic rings. The molecule has 0 amide bonds. The first-order valence-electron chi connectivity index (χ1n) is 4.51. The summed E-state index contributed by atoms with van der Waals surface area (Å²) < 4.78 is 0. The van der Waals surface area contributed by atoms with Crippen LogP contribution in [0.1, 0.15) is 47.0 Å². The zero-order chi connectivity index (χ0) is 7.78. The van der Waals surface area contributed by atoms with Crippen molar-refractivity contribution in [3.63, 3.8) is 0 Å². The normalized spacial score (nSPS) is 39.6. The molecule has 0 aromatic rings. The second-order valence-corrected chi connectivity index (χ2v) is 4.86. The predicted molar refractivity (Wildman–Crippen MR) is 46.0 cm³/mol. The first-order chi connectivity index (χ1) is 4.51. The molecule has 1 fully saturated rings. The molecule has 0 saturated heterocycles. The molecule has 0 bridgehead atoms. The number of rotatable bonds is 0. The highest BCUT2D eigenvalue weighted by molar-refractivity contribution is 4.80. The smallest absolute Gasteiger partial charge is 0.0351 e. The lowest BCUT2D eigenvalue weighted by molar-refractivity contribution is 0.139. The van der Waals surface area contributed by atoms with Crippen molar-refractivity contribution in [2.75, 3.05) is 0 Å². The van der Waals surface area contributed by atoms with Crippen LogP contribution >= 0.6 is 0 Å². The van der Waals surface area contributed by atoms with Gasteiger partial charge in [-0.1, -0.05) is 27.7 Å². The van der Waals surface area contributed by atoms with Crippen molar-refractivity contribution in [1.29, 1.82) is 0 Å². The predicted octanol–water partition coefficient (Wildman–Crippen LogP) is 3.47. The molecular formula is C10H20. The maximum Gasteiger partial charge on any atom is -0.0351 e. The summed E-state index contributed by atoms with van der Waals surface area (Å²) in [5, 5.41) is 0. The summed E-state index contributed by atoms with van der Waals surface area (Å²) in [6.45, 7) is 9.58. The van der Waals surface area contributed by atoms with Crippen LogP contribution in [0.15, 0.2) is 0 Å². The summed E-state index contributed by atoms with van der Waals surface area (Å²) in [6.07, 6.45) is 4.29. The fourth-order valence-corrected chi connectivity index (χ4v) is 2.08. The van der Waals surface area contributed by atoms with E-state index in [0.717, 1.165) is 11.8 Å². The number of hydrogen-bond donors (Lipinski definition) is 0. The average molecular weight is 140 g/mol. The Labute approximate surface area is 65.0 Å². The van der Waals surface area contributed by atoms with Crippen LogP contribution in [0.25, 0.3) is 0 Å². The third-order valence-electron chi connectivity index (χ3n) is 3.12. The lowest BCUT2D eigenvalue weighted by atomic mass is 9.68. The van der Waals surface area contributed by atoms with Gasteiger partial charge in [-0.15, -0.1) is 0 Å². The topological polar surface area (TPSA) is 0 Å². The van der Waals surface area contributed by atoms with E-state index in [2.05, 4.69) is 27.7 Å². The Balaban J connectivity index is 2.49. The molecule has 0 spiro atoms. The Bertz CT molecular complexity index is 113. The first-order valence-corrected chi connectivity index (χ1v) is 4.51. The zero-order valence-electron chi connectivity index (χ0n) is 7.78. The Kier molecular flexibility index (Phi) is 2.07. The minimum absolute atomic E-state index is 0.631. The largest absolute Gasteiger partial charge is 0.0623 e. The van der Waals surface area contributed by atoms with Crippen LogP contribution in [0, 0.1) is 17.3 Å². The molecule has 0 heterocycles. The fourth-order valence-electron chi connectivity index (χ4n) is 2.08. The van der Waals surface area contributed by atoms with Gasteiger partial charge in [0.25, 0.3) is 0 Å². The quantitative estimate of drug-likeness (QED) is 0.483. The Morgan fingerprint density at radius 2 is 1.70 bits per heavy atom. The lowest BCUT2D eigenvalue weighted by Gasteiger charge is -2.37. The Hall–Kier alpha value is 0. The van der Waals surface area contributed by atoms with Crippen molar-refractivity contribution in [2.24, 2.45) is 17.3 Å². The summed E-state index contributed by atoms with van der Waals surface area (Å²) in [6, 6.07) is 0. The Morgan fingerprint density at radius 1 is 1.10 bits per heavy atom. The third-order valence-corrected chi connectivity index (χ3v) is 3.12. The second-order valence-electron chi connectivity index (χ2n) is 4.86. The van der Waals surface area contributed by atoms with Crippen molar-refractivity contribution in [3.05, 3.63) is 0 Å². The van der Waals surface area contributed by atoms with Crippen molar-refractivity contribution < 1.29 is 0 Å². The molecule has 0 nitrogen and oxygen atoms in total. The maximum atomic E-state index is 2.40. The van der Waals surface area contributed by atoms with Crippen molar-refractivity contribution in [2.45, 2.75) is 47.0 Å². The average Bonchev–Trinajstić information content (AvgIpc) is 1.79. The van der Waals surface area contributed by atoms with Crippen molar-refractivity contribution in [3.8, 4) is 0 Å². The minimum Gasteiger partial charge on any atom is -0.0623 e. The number of hydrogen-bond acceptors (Lipinski definition) is 0. The molecule has 1 rings (SSSR count). The molecule has 0 unspecified atom stereocenters. The van der Waals surface area contributed by atoms with Gasteiger partial charge in [-0.05, 0) is 36.5 Å². The van der Waals surface area contributed by atoms with E-state index < -0.39 is 0 Å². The van der Waals surface area contributed by atoms with Gasteiger partial charge in [0, 0.05) is 0 Å². The van der Waals surface area contributed by atoms with E-state index in [0.29, 0.717) is 5.41 Å². The lowest BCUT2D eigenvalue weighted by Crippen LogP contribution is -2.26. The highest BCUT2D eigenvalue weighted by atomic mass is 14.3. The van der Waals surface area contributed by atoms with E-state index in [9.17, 15) is 0 Å². The molecule has 0 aromatic carbocycles. The molecule has 1 aliphatic carbocycles. The highest BCUT2D eigenvalue weighted by Crippen LogP contribution is 2.41. The van der Waals surface area contributed by atoms with Gasteiger partial charge in [-0.2, -0.15) is 0 Å². The Morgan fingerprint density at radius 3 is 2.10 bits per heavy atom. The zero-order valence-corrected chi connectivity index (χ0v) is 7.78. The molecular weight excluding hydrogens is 120 g/mol. The van der Waals surface area contributed by atoms with Crippen LogP contribution in [0.2, 0.25) is 0 Å². The fraction of sp³-hybridized carbons (Fsp3) is 1.00. The van der Waals surface area contributed by atoms with Gasteiger partial charge >= 0.3 is 0 Å². The summed E-state index contributed by atoms with van der Waals surface area (Å²) in [7, 11) is 0. The van der Waals surface area contributed by atoms with Crippen LogP contribution in [-0.2, 0) is 0 Å². The molecule has 0 heteroatoms. The summed E-state index contributed by atoms with van der Waals surface area (Å²) in [5.41, 5.74) is 0.631. The van der Waals surface area contributed by atoms with Crippen LogP contribution < -0.4 is 0 Å². The molecule has 0 N–H and O–H groups in total. The van der Waals surface area contributed by atoms with E-state index >= 15 is 0 Å². The van der Waals surface area contributed by atoms with E-state index in [-0.39, 0.29) is 0 Å². The van der Waals surface area contributed by atoms with Gasteiger partial charge in [-0.3, -0.25) is 0 Å². The summed E-state index contributed by atoms with van der Waals surface area (Å²) in [4.78, 5) is 0. The van der Waals surface area contributed by atoms with Gasteiger partial charge < -0.3 is 0 Å². The molecule has 0 aromatic heterocycles. The van der Waals surface area contributed by atoms with Crippen LogP contribution in [0.4, 0.5) is 0 Å². The van der Waals surface area contributed by atoms with Crippen molar-refractivity contribution >= 4 is 0 Å².